The summed E-state index contributed by atoms with van der Waals surface area (Å²) in [7, 11) is -4.61. The van der Waals surface area contributed by atoms with Crippen molar-refractivity contribution in [1.29, 1.82) is 0 Å². The van der Waals surface area contributed by atoms with Crippen molar-refractivity contribution in [3.8, 4) is 0 Å². The van der Waals surface area contributed by atoms with E-state index in [4.69, 9.17) is 19.1 Å². The summed E-state index contributed by atoms with van der Waals surface area (Å²) >= 11 is 0. The minimum atomic E-state index is -4.61. The van der Waals surface area contributed by atoms with Gasteiger partial charge in [0.25, 0.3) is 0 Å². The third-order valence-electron chi connectivity index (χ3n) is 7.86. The molecule has 0 saturated heterocycles. The summed E-state index contributed by atoms with van der Waals surface area (Å²) in [4.78, 5) is 34.6. The van der Waals surface area contributed by atoms with Gasteiger partial charge in [0.05, 0.1) is 19.8 Å². The summed E-state index contributed by atoms with van der Waals surface area (Å²) in [6.07, 6.45) is 30.4. The van der Waals surface area contributed by atoms with Gasteiger partial charge in [0, 0.05) is 12.8 Å². The van der Waals surface area contributed by atoms with Crippen molar-refractivity contribution in [1.82, 2.24) is 0 Å². The molecule has 3 atom stereocenters. The first kappa shape index (κ1) is 46.5. The largest absolute Gasteiger partial charge is 0.472 e. The lowest BCUT2D eigenvalue weighted by atomic mass is 10.1. The number of allylic oxidation sites excluding steroid dienone is 4. The lowest BCUT2D eigenvalue weighted by Gasteiger charge is -2.20. The third-order valence-corrected chi connectivity index (χ3v) is 8.81. The molecule has 0 aromatic carbocycles. The van der Waals surface area contributed by atoms with E-state index in [1.807, 2.05) is 6.08 Å². The highest BCUT2D eigenvalue weighted by atomic mass is 31.2. The Morgan fingerprint density at radius 1 is 0.625 bits per heavy atom. The van der Waals surface area contributed by atoms with Gasteiger partial charge in [-0.3, -0.25) is 18.6 Å². The predicted octanol–water partition coefficient (Wildman–Crippen LogP) is 9.05. The van der Waals surface area contributed by atoms with Gasteiger partial charge in [-0.1, -0.05) is 134 Å². The van der Waals surface area contributed by atoms with Crippen molar-refractivity contribution in [3.63, 3.8) is 0 Å². The number of rotatable bonds is 35. The maximum Gasteiger partial charge on any atom is 0.472 e. The maximum absolute atomic E-state index is 12.4. The topological polar surface area (TPSA) is 149 Å². The first-order valence-electron chi connectivity index (χ1n) is 18.8. The Morgan fingerprint density at radius 3 is 1.67 bits per heavy atom. The van der Waals surface area contributed by atoms with Crippen LogP contribution in [0.15, 0.2) is 24.3 Å². The van der Waals surface area contributed by atoms with Gasteiger partial charge >= 0.3 is 19.8 Å². The Balaban J connectivity index is 4.36. The number of phosphoric ester groups is 1. The molecule has 0 aromatic heterocycles. The number of esters is 2. The van der Waals surface area contributed by atoms with Crippen LogP contribution >= 0.6 is 7.82 Å². The maximum atomic E-state index is 12.4. The number of hydrogen-bond donors (Lipinski definition) is 3. The molecule has 0 spiro atoms. The van der Waals surface area contributed by atoms with E-state index in [1.165, 1.54) is 83.5 Å². The number of carbonyl (C=O) groups excluding carboxylic acids is 2. The fourth-order valence-electron chi connectivity index (χ4n) is 4.91. The van der Waals surface area contributed by atoms with E-state index < -0.39 is 51.8 Å². The summed E-state index contributed by atoms with van der Waals surface area (Å²) in [5.41, 5.74) is 0. The molecule has 0 heterocycles. The van der Waals surface area contributed by atoms with Crippen molar-refractivity contribution in [2.24, 2.45) is 0 Å². The molecule has 0 aliphatic rings. The van der Waals surface area contributed by atoms with Crippen LogP contribution < -0.4 is 0 Å². The van der Waals surface area contributed by atoms with Gasteiger partial charge in [0.15, 0.2) is 6.10 Å². The highest BCUT2D eigenvalue weighted by molar-refractivity contribution is 7.47. The normalized spacial score (nSPS) is 14.4. The van der Waals surface area contributed by atoms with Gasteiger partial charge < -0.3 is 24.6 Å². The molecule has 0 fully saturated rings. The fourth-order valence-corrected chi connectivity index (χ4v) is 5.70. The molecule has 0 rings (SSSR count). The van der Waals surface area contributed by atoms with Crippen LogP contribution in [0.1, 0.15) is 162 Å². The highest BCUT2D eigenvalue weighted by Crippen LogP contribution is 2.43. The molecule has 11 heteroatoms. The number of carbonyl (C=O) groups is 2. The number of ether oxygens (including phenoxy) is 2. The van der Waals surface area contributed by atoms with Crippen LogP contribution in [0.4, 0.5) is 0 Å². The van der Waals surface area contributed by atoms with E-state index in [-0.39, 0.29) is 19.4 Å². The lowest BCUT2D eigenvalue weighted by Crippen LogP contribution is -2.29. The molecule has 0 saturated carbocycles. The summed E-state index contributed by atoms with van der Waals surface area (Å²) < 4.78 is 32.4. The molecule has 0 bridgehead atoms. The first-order chi connectivity index (χ1) is 23.2. The molecule has 282 valence electrons. The van der Waals surface area contributed by atoms with Crippen molar-refractivity contribution >= 4 is 19.8 Å². The van der Waals surface area contributed by atoms with Crippen LogP contribution in [0.5, 0.6) is 0 Å². The predicted molar refractivity (Wildman–Crippen MR) is 191 cm³/mol. The molecular formula is C37H69O10P. The number of hydrogen-bond acceptors (Lipinski definition) is 9. The van der Waals surface area contributed by atoms with E-state index in [9.17, 15) is 24.2 Å². The zero-order chi connectivity index (χ0) is 35.6. The Kier molecular flexibility index (Phi) is 32.8. The summed E-state index contributed by atoms with van der Waals surface area (Å²) in [5, 5.41) is 18.2. The van der Waals surface area contributed by atoms with Gasteiger partial charge in [-0.2, -0.15) is 0 Å². The van der Waals surface area contributed by atoms with E-state index in [0.717, 1.165) is 38.5 Å². The summed E-state index contributed by atoms with van der Waals surface area (Å²) in [6.45, 7) is 2.28. The molecule has 10 nitrogen and oxygen atoms in total. The zero-order valence-electron chi connectivity index (χ0n) is 30.2. The average molecular weight is 705 g/mol. The van der Waals surface area contributed by atoms with E-state index in [0.29, 0.717) is 12.8 Å². The van der Waals surface area contributed by atoms with Crippen LogP contribution in [-0.2, 0) is 32.7 Å². The Hall–Kier alpha value is -1.55. The second-order valence-electron chi connectivity index (χ2n) is 12.6. The Labute approximate surface area is 291 Å². The number of aliphatic hydroxyl groups is 2. The molecule has 0 aliphatic heterocycles. The summed E-state index contributed by atoms with van der Waals surface area (Å²) in [6, 6.07) is 0. The number of unbranched alkanes of at least 4 members (excludes halogenated alkanes) is 17. The second-order valence-corrected chi connectivity index (χ2v) is 14.1. The molecule has 0 aliphatic carbocycles. The lowest BCUT2D eigenvalue weighted by molar-refractivity contribution is -0.161. The van der Waals surface area contributed by atoms with Gasteiger partial charge in [0.1, 0.15) is 12.7 Å². The van der Waals surface area contributed by atoms with Crippen LogP contribution in [0.25, 0.3) is 0 Å². The van der Waals surface area contributed by atoms with E-state index in [1.54, 1.807) is 0 Å². The molecule has 0 amide bonds. The average Bonchev–Trinajstić information content (AvgIpc) is 3.07. The third kappa shape index (κ3) is 33.0. The van der Waals surface area contributed by atoms with Crippen molar-refractivity contribution in [3.05, 3.63) is 24.3 Å². The Morgan fingerprint density at radius 2 is 1.10 bits per heavy atom. The molecule has 0 radical (unpaired) electrons. The smallest absolute Gasteiger partial charge is 0.462 e. The Bertz CT molecular complexity index is 863. The van der Waals surface area contributed by atoms with E-state index >= 15 is 0 Å². The first-order valence-corrected chi connectivity index (χ1v) is 20.3. The highest BCUT2D eigenvalue weighted by Gasteiger charge is 2.27. The van der Waals surface area contributed by atoms with Crippen molar-refractivity contribution in [2.45, 2.75) is 174 Å². The van der Waals surface area contributed by atoms with Gasteiger partial charge in [-0.25, -0.2) is 4.57 Å². The number of aliphatic hydroxyl groups excluding tert-OH is 2. The molecule has 1 unspecified atom stereocenters. The minimum absolute atomic E-state index is 0.177. The quantitative estimate of drug-likeness (QED) is 0.0252. The standard InChI is InChI=1S/C37H69O10P/c1-3-5-7-9-11-13-14-15-16-17-18-19-20-21-23-24-26-28-36(40)44-32-35(33-46-48(42,43)45-31-34(39)30-38)47-37(41)29-27-25-22-12-10-8-6-4-2/h18-19,21,23,34-35,38-39H,3-17,20,22,24-33H2,1-2H3,(H,42,43)/b19-18+,23-21+/t34-,35+/m1/s1. The van der Waals surface area contributed by atoms with Crippen molar-refractivity contribution in [2.75, 3.05) is 26.4 Å². The second kappa shape index (κ2) is 33.9. The SMILES string of the molecule is CCCCCCCCCCC/C=C/C/C=C/CCCC(=O)OC[C@@H](COP(=O)(O)OC[C@H](O)CO)OC(=O)CCCCCCCCCC. The molecule has 48 heavy (non-hydrogen) atoms. The van der Waals surface area contributed by atoms with Crippen LogP contribution in [0.2, 0.25) is 0 Å². The van der Waals surface area contributed by atoms with Crippen LogP contribution in [0.3, 0.4) is 0 Å². The van der Waals surface area contributed by atoms with Crippen LogP contribution in [0, 0.1) is 0 Å². The van der Waals surface area contributed by atoms with E-state index in [2.05, 4.69) is 36.6 Å². The number of phosphoric acid groups is 1. The van der Waals surface area contributed by atoms with Gasteiger partial charge in [-0.05, 0) is 38.5 Å². The minimum Gasteiger partial charge on any atom is -0.462 e. The molecule has 3 N–H and O–H groups in total. The van der Waals surface area contributed by atoms with Gasteiger partial charge in [0.2, 0.25) is 0 Å². The van der Waals surface area contributed by atoms with Crippen molar-refractivity contribution < 1.29 is 47.8 Å². The van der Waals surface area contributed by atoms with Gasteiger partial charge in [-0.15, -0.1) is 0 Å². The molecule has 0 aromatic rings. The summed E-state index contributed by atoms with van der Waals surface area (Å²) in [5.74, 6) is -0.981. The monoisotopic (exact) mass is 704 g/mol. The molecular weight excluding hydrogens is 635 g/mol. The van der Waals surface area contributed by atoms with Crippen LogP contribution in [-0.4, -0.2) is 65.7 Å². The zero-order valence-corrected chi connectivity index (χ0v) is 31.1. The fraction of sp³-hybridized carbons (Fsp3) is 0.838.